The second kappa shape index (κ2) is 56.8. The minimum absolute atomic E-state index is 0.0214. The monoisotopic (exact) mass is 1740 g/mol. The number of rotatable bonds is 53. The maximum absolute atomic E-state index is 13.6. The minimum atomic E-state index is -2.03. The van der Waals surface area contributed by atoms with Crippen LogP contribution < -0.4 is 48.3 Å². The van der Waals surface area contributed by atoms with Crippen LogP contribution in [0.2, 0.25) is 0 Å². The second-order valence-corrected chi connectivity index (χ2v) is 30.0. The number of hydrogen-bond acceptors (Lipinski definition) is 38. The zero-order valence-electron chi connectivity index (χ0n) is 68.6. The summed E-state index contributed by atoms with van der Waals surface area (Å²) in [5.41, 5.74) is 5.56. The fourth-order valence-electron chi connectivity index (χ4n) is 12.7. The van der Waals surface area contributed by atoms with E-state index >= 15 is 0 Å². The number of aliphatic hydroxyl groups is 16. The molecule has 5 saturated heterocycles. The van der Waals surface area contributed by atoms with Crippen LogP contribution in [-0.4, -0.2) is 416 Å². The van der Waals surface area contributed by atoms with Crippen molar-refractivity contribution in [1.82, 2.24) is 47.4 Å². The van der Waals surface area contributed by atoms with Crippen LogP contribution >= 0.6 is 0 Å². The molecule has 46 nitrogen and oxygen atoms in total. The van der Waals surface area contributed by atoms with Crippen LogP contribution in [0.4, 0.5) is 0 Å². The number of carbonyl (C=O) groups is 10. The first kappa shape index (κ1) is 106. The van der Waals surface area contributed by atoms with Crippen LogP contribution in [0.3, 0.4) is 0 Å². The smallest absolute Gasteiger partial charge is 0.243 e. The van der Waals surface area contributed by atoms with E-state index < -0.39 is 254 Å². The molecule has 0 saturated carbocycles. The lowest BCUT2D eigenvalue weighted by molar-refractivity contribution is -0.366. The highest BCUT2D eigenvalue weighted by Crippen LogP contribution is 2.32. The molecule has 26 N–H and O–H groups in total. The van der Waals surface area contributed by atoms with Gasteiger partial charge in [-0.15, -0.1) is 0 Å². The van der Waals surface area contributed by atoms with Gasteiger partial charge in [-0.25, -0.2) is 0 Å². The molecule has 0 aromatic rings. The van der Waals surface area contributed by atoms with Gasteiger partial charge in [-0.1, -0.05) is 13.3 Å². The third-order valence-corrected chi connectivity index (χ3v) is 20.1. The second-order valence-electron chi connectivity index (χ2n) is 30.0. The van der Waals surface area contributed by atoms with E-state index in [0.717, 1.165) is 4.90 Å². The molecule has 0 radical (unpaired) electrons. The molecule has 0 bridgehead atoms. The van der Waals surface area contributed by atoms with Gasteiger partial charge in [0.05, 0.1) is 83.9 Å². The summed E-state index contributed by atoms with van der Waals surface area (Å²) >= 11 is 0. The first-order valence-electron chi connectivity index (χ1n) is 40.7. The lowest BCUT2D eigenvalue weighted by atomic mass is 9.96. The van der Waals surface area contributed by atoms with Crippen molar-refractivity contribution in [3.63, 3.8) is 0 Å². The van der Waals surface area contributed by atoms with Crippen LogP contribution in [0.15, 0.2) is 0 Å². The molecule has 0 aliphatic carbocycles. The van der Waals surface area contributed by atoms with Gasteiger partial charge in [0.2, 0.25) is 47.3 Å². The van der Waals surface area contributed by atoms with Crippen LogP contribution in [0.25, 0.3) is 0 Å². The number of ether oxygens (including phenoxy) is 10. The predicted octanol–water partition coefficient (Wildman–Crippen LogP) is -11.5. The molecular formula is C74H132N10O36. The van der Waals surface area contributed by atoms with Crippen LogP contribution in [0, 0.1) is 0 Å². The Bertz CT molecular complexity index is 3050. The number of nitrogens with zero attached hydrogens (tertiary/aromatic N) is 1. The maximum Gasteiger partial charge on any atom is 0.243 e. The fraction of sp³-hybridized carbons (Fsp3) is 0.865. The quantitative estimate of drug-likeness (QED) is 0.0252. The molecule has 694 valence electrons. The molecule has 5 fully saturated rings. The summed E-state index contributed by atoms with van der Waals surface area (Å²) in [6.07, 6.45) is -35.4. The molecule has 0 aromatic carbocycles. The van der Waals surface area contributed by atoms with Crippen molar-refractivity contribution in [2.24, 2.45) is 5.73 Å². The van der Waals surface area contributed by atoms with E-state index in [0.29, 0.717) is 70.8 Å². The summed E-state index contributed by atoms with van der Waals surface area (Å²) in [5, 5.41) is 187. The Kier molecular flexibility index (Phi) is 50.3. The summed E-state index contributed by atoms with van der Waals surface area (Å²) in [4.78, 5) is 129. The molecule has 5 heterocycles. The lowest BCUT2D eigenvalue weighted by Gasteiger charge is -2.46. The zero-order valence-corrected chi connectivity index (χ0v) is 68.6. The molecule has 8 amide bonds. The van der Waals surface area contributed by atoms with Crippen molar-refractivity contribution >= 4 is 58.8 Å². The number of amides is 8. The van der Waals surface area contributed by atoms with Crippen molar-refractivity contribution in [3.05, 3.63) is 0 Å². The van der Waals surface area contributed by atoms with E-state index in [1.165, 1.54) is 20.8 Å². The molecule has 46 heteroatoms. The van der Waals surface area contributed by atoms with E-state index in [1.54, 1.807) is 6.92 Å². The molecular weight excluding hydrogens is 1600 g/mol. The van der Waals surface area contributed by atoms with E-state index in [4.69, 9.17) is 53.1 Å². The number of hydrogen-bond donors (Lipinski definition) is 25. The van der Waals surface area contributed by atoms with E-state index in [2.05, 4.69) is 42.5 Å². The molecule has 5 aliphatic heterocycles. The highest BCUT2D eigenvalue weighted by Gasteiger charge is 2.53. The predicted molar refractivity (Wildman–Crippen MR) is 410 cm³/mol. The Morgan fingerprint density at radius 2 is 0.758 bits per heavy atom. The first-order valence-corrected chi connectivity index (χ1v) is 40.7. The first-order chi connectivity index (χ1) is 57.0. The van der Waals surface area contributed by atoms with E-state index in [1.807, 2.05) is 6.92 Å². The molecule has 0 spiro atoms. The molecule has 0 aromatic heterocycles. The highest BCUT2D eigenvalue weighted by molar-refractivity contribution is 5.92. The minimum Gasteiger partial charge on any atom is -0.394 e. The van der Waals surface area contributed by atoms with Gasteiger partial charge in [0.1, 0.15) is 122 Å². The summed E-state index contributed by atoms with van der Waals surface area (Å²) in [7, 11) is 0. The third kappa shape index (κ3) is 37.0. The number of aliphatic hydroxyl groups excluding tert-OH is 16. The van der Waals surface area contributed by atoms with Crippen molar-refractivity contribution in [3.8, 4) is 0 Å². The summed E-state index contributed by atoms with van der Waals surface area (Å²) in [6.45, 7) is 2.97. The maximum atomic E-state index is 13.6. The van der Waals surface area contributed by atoms with E-state index in [9.17, 15) is 130 Å². The van der Waals surface area contributed by atoms with Crippen molar-refractivity contribution in [1.29, 1.82) is 0 Å². The van der Waals surface area contributed by atoms with Gasteiger partial charge < -0.3 is 182 Å². The molecule has 120 heavy (non-hydrogen) atoms. The lowest BCUT2D eigenvalue weighted by Crippen LogP contribution is -2.65. The Labute approximate surface area is 694 Å². The van der Waals surface area contributed by atoms with Crippen LogP contribution in [0.5, 0.6) is 0 Å². The number of Topliss-reactive ketones (excluding diaryl/α,β-unsaturated/α-hetero) is 2. The van der Waals surface area contributed by atoms with Gasteiger partial charge >= 0.3 is 0 Å². The van der Waals surface area contributed by atoms with Crippen molar-refractivity contribution in [2.75, 3.05) is 105 Å². The Hall–Kier alpha value is -6.02. The van der Waals surface area contributed by atoms with Crippen LogP contribution in [0.1, 0.15) is 137 Å². The van der Waals surface area contributed by atoms with Gasteiger partial charge in [-0.05, 0) is 98.4 Å². The molecule has 5 aliphatic rings. The number of nitrogens with one attached hydrogen (secondary N) is 8. The summed E-state index contributed by atoms with van der Waals surface area (Å²) < 4.78 is 55.4. The SMILES string of the molecule is CC(=O)[C@H](CCCCN)NC(=O)CCCCC(=O)N[C@@H](CC(=O)NCCCCCNC(=O)CN(CC(=O)NCCO[C@@H]1O[C@@H](C)[C@@H](O)[C@@H](O)[C@@H]1O)CC(=O)NCCO[C@H]1O[C@H](CO[C@H]2O[C@H](CO)[C@@H](O)[C@H](O)[C@@H]2O)[C@@H](O)[C@H](O[C@H]2O[C@H](CO)[C@@H](O)[C@H](O)[C@@H]2O)[C@@H]1O)C(=O)NCCCCCC(=O)NCCO[C@@H]1O[C@@H](C)[C@@H](O)[C@@H](O)[C@@H]1O.CCC(C)=O. The number of carbonyl (C=O) groups excluding carboxylic acids is 10. The number of unbranched alkanes of at least 4 members (excludes halogenated alkanes) is 6. The Morgan fingerprint density at radius 1 is 0.383 bits per heavy atom. The molecule has 27 atom stereocenters. The summed E-state index contributed by atoms with van der Waals surface area (Å²) in [6, 6.07) is -1.99. The summed E-state index contributed by atoms with van der Waals surface area (Å²) in [5.74, 6) is -4.60. The molecule has 5 rings (SSSR count). The molecule has 0 unspecified atom stereocenters. The Balaban J connectivity index is 0.00000586. The standard InChI is InChI=1S/C70H124N10O35.C4H8O/c1-35(83)38(14-9-10-18-71)78-44(85)16-7-8-17-45(86)79-39(65(105)77-21-11-4-6-15-43(84)74-22-25-106-66-59(100)55(96)50(91)36(2)110-66)28-46(87)72-19-12-5-13-20-73-47(88)29-80(30-48(89)75-23-26-107-67-60(101)56(97)51(92)37(3)111-67)31-49(90)76-24-27-108-69-63(104)64(115-70-62(103)58(99)53(94)41(33-82)113-70)54(95)42(114-69)34-109-68-61(102)57(98)52(93)40(32-81)112-68;1-3-4(2)5/h36-42,50-64,66-70,81-82,91-104H,4-34,71H2,1-3H3,(H,72,87)(H,73,88)(H,74,84)(H,75,89)(H,76,90)(H,77,105)(H,78,85)(H,79,86);3H2,1-2H3/t36-,37-,38-,39-,40+,41+,42+,50+,51+,52+,53+,54+,55+,56+,57-,58-,59-,60-,61-,62-,63-,64-,66+,67+,68-,69-,70+;/m0./s1. The van der Waals surface area contributed by atoms with Gasteiger partial charge in [-0.3, -0.25) is 48.1 Å². The van der Waals surface area contributed by atoms with Gasteiger partial charge in [0.15, 0.2) is 37.2 Å². The van der Waals surface area contributed by atoms with Crippen molar-refractivity contribution in [2.45, 2.75) is 303 Å². The van der Waals surface area contributed by atoms with E-state index in [-0.39, 0.29) is 108 Å². The Morgan fingerprint density at radius 3 is 1.22 bits per heavy atom. The normalized spacial score (nSPS) is 31.1. The van der Waals surface area contributed by atoms with Gasteiger partial charge in [0.25, 0.3) is 0 Å². The van der Waals surface area contributed by atoms with Gasteiger partial charge in [0, 0.05) is 65.0 Å². The van der Waals surface area contributed by atoms with Crippen molar-refractivity contribution < 1.29 is 177 Å². The van der Waals surface area contributed by atoms with Gasteiger partial charge in [-0.2, -0.15) is 0 Å². The highest BCUT2D eigenvalue weighted by atomic mass is 16.8. The zero-order chi connectivity index (χ0) is 89.3. The number of ketones is 2. The number of nitrogens with two attached hydrogens (primary N) is 1. The third-order valence-electron chi connectivity index (χ3n) is 20.1. The fourth-order valence-corrected chi connectivity index (χ4v) is 12.7. The largest absolute Gasteiger partial charge is 0.394 e. The average Bonchev–Trinajstić information content (AvgIpc) is 0.787. The topological polar surface area (TPSA) is 712 Å². The average molecular weight is 1740 g/mol. The van der Waals surface area contributed by atoms with Crippen LogP contribution in [-0.2, 0) is 95.3 Å².